The molecule has 6 nitrogen and oxygen atoms in total. The van der Waals surface area contributed by atoms with Crippen LogP contribution in [-0.2, 0) is 11.3 Å². The fraction of sp³-hybridized carbons (Fsp3) is 0.125. The van der Waals surface area contributed by atoms with Gasteiger partial charge in [0.05, 0.1) is 5.69 Å². The van der Waals surface area contributed by atoms with Crippen LogP contribution in [0.1, 0.15) is 0 Å². The predicted octanol–water partition coefficient (Wildman–Crippen LogP) is 2.14. The number of hydrogen-bond donors (Lipinski definition) is 0. The first-order chi connectivity index (χ1) is 11.1. The maximum Gasteiger partial charge on any atom is 0.250 e. The third kappa shape index (κ3) is 3.23. The summed E-state index contributed by atoms with van der Waals surface area (Å²) in [7, 11) is 1.51. The van der Waals surface area contributed by atoms with Gasteiger partial charge in [-0.2, -0.15) is 4.80 Å². The van der Waals surface area contributed by atoms with Gasteiger partial charge < -0.3 is 4.90 Å². The normalized spacial score (nSPS) is 10.5. The molecule has 0 saturated heterocycles. The van der Waals surface area contributed by atoms with Crippen molar-refractivity contribution in [3.05, 3.63) is 60.4 Å². The Morgan fingerprint density at radius 3 is 2.57 bits per heavy atom. The summed E-state index contributed by atoms with van der Waals surface area (Å²) in [6.07, 6.45) is 0. The average molecular weight is 311 g/mol. The van der Waals surface area contributed by atoms with Crippen LogP contribution < -0.4 is 4.90 Å². The largest absolute Gasteiger partial charge is 0.311 e. The molecule has 1 heterocycles. The molecule has 0 fully saturated rings. The summed E-state index contributed by atoms with van der Waals surface area (Å²) in [5.74, 6) is -0.362. The lowest BCUT2D eigenvalue weighted by Crippen LogP contribution is -2.31. The van der Waals surface area contributed by atoms with Crippen molar-refractivity contribution in [2.24, 2.45) is 0 Å². The number of benzene rings is 2. The molecule has 3 rings (SSSR count). The lowest BCUT2D eigenvalue weighted by molar-refractivity contribution is -0.119. The SMILES string of the molecule is CN(C(=O)Cn1nnc(-c2ccccc2)n1)c1ccccc1F. The van der Waals surface area contributed by atoms with Gasteiger partial charge >= 0.3 is 0 Å². The maximum atomic E-state index is 13.7. The molecule has 2 aromatic carbocycles. The second-order valence-electron chi connectivity index (χ2n) is 4.91. The number of hydrogen-bond acceptors (Lipinski definition) is 4. The molecule has 0 spiro atoms. The van der Waals surface area contributed by atoms with Gasteiger partial charge in [-0.1, -0.05) is 42.5 Å². The molecule has 0 aliphatic carbocycles. The van der Waals surface area contributed by atoms with E-state index in [1.165, 1.54) is 28.9 Å². The Balaban J connectivity index is 1.74. The van der Waals surface area contributed by atoms with E-state index in [0.29, 0.717) is 5.82 Å². The van der Waals surface area contributed by atoms with Crippen LogP contribution in [0.2, 0.25) is 0 Å². The number of carbonyl (C=O) groups is 1. The smallest absolute Gasteiger partial charge is 0.250 e. The zero-order valence-electron chi connectivity index (χ0n) is 12.4. The van der Waals surface area contributed by atoms with Gasteiger partial charge in [0.2, 0.25) is 11.7 Å². The monoisotopic (exact) mass is 311 g/mol. The first-order valence-electron chi connectivity index (χ1n) is 6.99. The summed E-state index contributed by atoms with van der Waals surface area (Å²) >= 11 is 0. The second-order valence-corrected chi connectivity index (χ2v) is 4.91. The Hall–Kier alpha value is -3.09. The first kappa shape index (κ1) is 14.8. The van der Waals surface area contributed by atoms with E-state index >= 15 is 0 Å². The van der Waals surface area contributed by atoms with Gasteiger partial charge in [0, 0.05) is 12.6 Å². The van der Waals surface area contributed by atoms with Gasteiger partial charge in [-0.05, 0) is 17.3 Å². The van der Waals surface area contributed by atoms with E-state index in [0.717, 1.165) is 5.56 Å². The minimum Gasteiger partial charge on any atom is -0.311 e. The fourth-order valence-electron chi connectivity index (χ4n) is 2.10. The molecule has 0 saturated carbocycles. The van der Waals surface area contributed by atoms with Crippen LogP contribution in [0.5, 0.6) is 0 Å². The zero-order chi connectivity index (χ0) is 16.2. The van der Waals surface area contributed by atoms with Crippen molar-refractivity contribution in [1.82, 2.24) is 20.2 Å². The number of aromatic nitrogens is 4. The van der Waals surface area contributed by atoms with E-state index in [9.17, 15) is 9.18 Å². The minimum atomic E-state index is -0.458. The molecular weight excluding hydrogens is 297 g/mol. The highest BCUT2D eigenvalue weighted by atomic mass is 19.1. The molecule has 0 N–H and O–H groups in total. The third-order valence-corrected chi connectivity index (χ3v) is 3.35. The van der Waals surface area contributed by atoms with E-state index in [2.05, 4.69) is 15.4 Å². The Kier molecular flexibility index (Phi) is 4.09. The van der Waals surface area contributed by atoms with Gasteiger partial charge in [-0.25, -0.2) is 4.39 Å². The number of anilines is 1. The van der Waals surface area contributed by atoms with Crippen LogP contribution in [0.4, 0.5) is 10.1 Å². The van der Waals surface area contributed by atoms with Gasteiger partial charge in [0.25, 0.3) is 0 Å². The van der Waals surface area contributed by atoms with Crippen molar-refractivity contribution in [3.63, 3.8) is 0 Å². The molecule has 0 atom stereocenters. The van der Waals surface area contributed by atoms with Crippen LogP contribution in [0, 0.1) is 5.82 Å². The third-order valence-electron chi connectivity index (χ3n) is 3.35. The highest BCUT2D eigenvalue weighted by Crippen LogP contribution is 2.17. The van der Waals surface area contributed by atoms with Gasteiger partial charge in [0.15, 0.2) is 0 Å². The Morgan fingerprint density at radius 1 is 1.13 bits per heavy atom. The van der Waals surface area contributed by atoms with E-state index in [1.807, 2.05) is 30.3 Å². The van der Waals surface area contributed by atoms with Crippen molar-refractivity contribution in [1.29, 1.82) is 0 Å². The Labute approximate surface area is 132 Å². The lowest BCUT2D eigenvalue weighted by Gasteiger charge is -2.17. The van der Waals surface area contributed by atoms with E-state index in [1.54, 1.807) is 12.1 Å². The fourth-order valence-corrected chi connectivity index (χ4v) is 2.10. The standard InChI is InChI=1S/C16H14FN5O/c1-21(14-10-6-5-9-13(14)17)15(23)11-22-19-16(18-20-22)12-7-3-2-4-8-12/h2-10H,11H2,1H3. The Bertz CT molecular complexity index is 818. The summed E-state index contributed by atoms with van der Waals surface area (Å²) in [5, 5.41) is 12.0. The quantitative estimate of drug-likeness (QED) is 0.740. The van der Waals surface area contributed by atoms with Crippen molar-refractivity contribution >= 4 is 11.6 Å². The number of halogens is 1. The van der Waals surface area contributed by atoms with E-state index < -0.39 is 5.82 Å². The van der Waals surface area contributed by atoms with Crippen LogP contribution in [0.25, 0.3) is 11.4 Å². The van der Waals surface area contributed by atoms with Crippen molar-refractivity contribution in [2.75, 3.05) is 11.9 Å². The second kappa shape index (κ2) is 6.35. The summed E-state index contributed by atoms with van der Waals surface area (Å²) in [6, 6.07) is 15.4. The molecule has 7 heteroatoms. The summed E-state index contributed by atoms with van der Waals surface area (Å²) < 4.78 is 13.7. The predicted molar refractivity (Wildman–Crippen MR) is 83.1 cm³/mol. The number of tetrazole rings is 1. The van der Waals surface area contributed by atoms with Crippen LogP contribution >= 0.6 is 0 Å². The topological polar surface area (TPSA) is 63.9 Å². The maximum absolute atomic E-state index is 13.7. The lowest BCUT2D eigenvalue weighted by atomic mass is 10.2. The number of amides is 1. The van der Waals surface area contributed by atoms with Crippen LogP contribution in [-0.4, -0.2) is 33.2 Å². The number of nitrogens with zero attached hydrogens (tertiary/aromatic N) is 5. The van der Waals surface area contributed by atoms with E-state index in [4.69, 9.17) is 0 Å². The van der Waals surface area contributed by atoms with Gasteiger partial charge in [0.1, 0.15) is 12.4 Å². The average Bonchev–Trinajstić information content (AvgIpc) is 3.04. The summed E-state index contributed by atoms with van der Waals surface area (Å²) in [6.45, 7) is -0.120. The number of carbonyl (C=O) groups excluding carboxylic acids is 1. The molecular formula is C16H14FN5O. The first-order valence-corrected chi connectivity index (χ1v) is 6.99. The molecule has 0 unspecified atom stereocenters. The molecule has 0 bridgehead atoms. The van der Waals surface area contributed by atoms with E-state index in [-0.39, 0.29) is 18.1 Å². The molecule has 3 aromatic rings. The van der Waals surface area contributed by atoms with Crippen LogP contribution in [0.15, 0.2) is 54.6 Å². The molecule has 1 aromatic heterocycles. The molecule has 116 valence electrons. The zero-order valence-corrected chi connectivity index (χ0v) is 12.4. The minimum absolute atomic E-state index is 0.120. The van der Waals surface area contributed by atoms with Crippen LogP contribution in [0.3, 0.4) is 0 Å². The highest BCUT2D eigenvalue weighted by Gasteiger charge is 2.16. The van der Waals surface area contributed by atoms with Crippen molar-refractivity contribution in [2.45, 2.75) is 6.54 Å². The number of rotatable bonds is 4. The molecule has 23 heavy (non-hydrogen) atoms. The van der Waals surface area contributed by atoms with Gasteiger partial charge in [-0.3, -0.25) is 4.79 Å². The molecule has 1 amide bonds. The molecule has 0 aliphatic heterocycles. The Morgan fingerprint density at radius 2 is 1.83 bits per heavy atom. The van der Waals surface area contributed by atoms with Crippen molar-refractivity contribution in [3.8, 4) is 11.4 Å². The summed E-state index contributed by atoms with van der Waals surface area (Å²) in [4.78, 5) is 14.7. The highest BCUT2D eigenvalue weighted by molar-refractivity contribution is 5.92. The number of para-hydroxylation sites is 1. The summed E-state index contributed by atoms with van der Waals surface area (Å²) in [5.41, 5.74) is 1.02. The molecule has 0 radical (unpaired) electrons. The molecule has 0 aliphatic rings. The van der Waals surface area contributed by atoms with Gasteiger partial charge in [-0.15, -0.1) is 10.2 Å². The number of likely N-dealkylation sites (N-methyl/N-ethyl adjacent to an activating group) is 1. The van der Waals surface area contributed by atoms with Crippen molar-refractivity contribution < 1.29 is 9.18 Å².